The molecule has 1 aliphatic rings. The van der Waals surface area contributed by atoms with E-state index in [1.807, 2.05) is 24.3 Å². The van der Waals surface area contributed by atoms with Crippen molar-refractivity contribution in [1.29, 1.82) is 0 Å². The standard InChI is InChI=1S/C15H22N4O/c1-12(11-19-9-7-18(2)8-10-19)16-15-17-13-5-3-4-6-14(13)20-15/h3-6,12H,7-11H2,1-2H3,(H,16,17). The van der Waals surface area contributed by atoms with Crippen molar-refractivity contribution in [2.75, 3.05) is 45.1 Å². The molecule has 1 aromatic heterocycles. The second-order valence-electron chi connectivity index (χ2n) is 5.64. The van der Waals surface area contributed by atoms with Crippen LogP contribution in [0, 0.1) is 0 Å². The van der Waals surface area contributed by atoms with Gasteiger partial charge in [0.1, 0.15) is 5.52 Å². The minimum absolute atomic E-state index is 0.325. The van der Waals surface area contributed by atoms with Gasteiger partial charge in [-0.15, -0.1) is 0 Å². The average molecular weight is 274 g/mol. The first-order valence-corrected chi connectivity index (χ1v) is 7.24. The molecular weight excluding hydrogens is 252 g/mol. The van der Waals surface area contributed by atoms with Crippen LogP contribution >= 0.6 is 0 Å². The van der Waals surface area contributed by atoms with Crippen molar-refractivity contribution in [1.82, 2.24) is 14.8 Å². The summed E-state index contributed by atoms with van der Waals surface area (Å²) in [5.74, 6) is 0. The van der Waals surface area contributed by atoms with E-state index in [1.165, 1.54) is 0 Å². The molecule has 0 amide bonds. The lowest BCUT2D eigenvalue weighted by Gasteiger charge is -2.33. The summed E-state index contributed by atoms with van der Waals surface area (Å²) in [5, 5.41) is 3.36. The number of piperazine rings is 1. The van der Waals surface area contributed by atoms with Gasteiger partial charge in [-0.3, -0.25) is 4.90 Å². The molecular formula is C15H22N4O. The van der Waals surface area contributed by atoms with Gasteiger partial charge in [0.15, 0.2) is 5.58 Å². The van der Waals surface area contributed by atoms with Crippen LogP contribution in [0.1, 0.15) is 6.92 Å². The van der Waals surface area contributed by atoms with E-state index in [0.717, 1.165) is 43.8 Å². The predicted octanol–water partition coefficient (Wildman–Crippen LogP) is 1.88. The van der Waals surface area contributed by atoms with Crippen LogP contribution in [0.15, 0.2) is 28.7 Å². The Kier molecular flexibility index (Phi) is 3.89. The van der Waals surface area contributed by atoms with Gasteiger partial charge in [-0.25, -0.2) is 0 Å². The Morgan fingerprint density at radius 2 is 2.00 bits per heavy atom. The molecule has 108 valence electrons. The molecule has 1 fully saturated rings. The first-order valence-electron chi connectivity index (χ1n) is 7.24. The molecule has 1 saturated heterocycles. The number of hydrogen-bond acceptors (Lipinski definition) is 5. The summed E-state index contributed by atoms with van der Waals surface area (Å²) in [6, 6.07) is 8.79. The van der Waals surface area contributed by atoms with Crippen molar-refractivity contribution in [2.24, 2.45) is 0 Å². The van der Waals surface area contributed by atoms with Crippen molar-refractivity contribution < 1.29 is 4.42 Å². The van der Waals surface area contributed by atoms with Crippen LogP contribution in [0.3, 0.4) is 0 Å². The van der Waals surface area contributed by atoms with Gasteiger partial charge in [-0.05, 0) is 26.1 Å². The van der Waals surface area contributed by atoms with Crippen LogP contribution in [-0.4, -0.2) is 60.6 Å². The Balaban J connectivity index is 1.56. The van der Waals surface area contributed by atoms with E-state index in [4.69, 9.17) is 4.42 Å². The van der Waals surface area contributed by atoms with Crippen molar-refractivity contribution >= 4 is 17.1 Å². The number of likely N-dealkylation sites (N-methyl/N-ethyl adjacent to an activating group) is 1. The van der Waals surface area contributed by atoms with Crippen LogP contribution < -0.4 is 5.32 Å². The highest BCUT2D eigenvalue weighted by atomic mass is 16.4. The average Bonchev–Trinajstić information content (AvgIpc) is 2.83. The van der Waals surface area contributed by atoms with Crippen LogP contribution in [0.5, 0.6) is 0 Å². The summed E-state index contributed by atoms with van der Waals surface area (Å²) in [6.07, 6.45) is 0. The Morgan fingerprint density at radius 3 is 2.75 bits per heavy atom. The third-order valence-corrected chi connectivity index (χ3v) is 3.79. The van der Waals surface area contributed by atoms with Crippen LogP contribution in [-0.2, 0) is 0 Å². The monoisotopic (exact) mass is 274 g/mol. The summed E-state index contributed by atoms with van der Waals surface area (Å²) in [6.45, 7) is 7.76. The van der Waals surface area contributed by atoms with E-state index in [2.05, 4.69) is 34.1 Å². The van der Waals surface area contributed by atoms with Crippen molar-refractivity contribution in [3.8, 4) is 0 Å². The normalized spacial score (nSPS) is 19.3. The molecule has 5 heteroatoms. The molecule has 1 aromatic carbocycles. The Labute approximate surface area is 119 Å². The summed E-state index contributed by atoms with van der Waals surface area (Å²) in [4.78, 5) is 9.31. The molecule has 1 N–H and O–H groups in total. The van der Waals surface area contributed by atoms with E-state index in [-0.39, 0.29) is 0 Å². The maximum Gasteiger partial charge on any atom is 0.295 e. The van der Waals surface area contributed by atoms with Gasteiger partial charge in [0, 0.05) is 38.8 Å². The molecule has 0 radical (unpaired) electrons. The molecule has 1 unspecified atom stereocenters. The molecule has 0 bridgehead atoms. The van der Waals surface area contributed by atoms with Crippen LogP contribution in [0.25, 0.3) is 11.1 Å². The molecule has 0 spiro atoms. The number of rotatable bonds is 4. The summed E-state index contributed by atoms with van der Waals surface area (Å²) < 4.78 is 5.70. The number of benzene rings is 1. The minimum atomic E-state index is 0.325. The zero-order valence-corrected chi connectivity index (χ0v) is 12.2. The molecule has 2 aromatic rings. The zero-order chi connectivity index (χ0) is 13.9. The molecule has 20 heavy (non-hydrogen) atoms. The van der Waals surface area contributed by atoms with Crippen LogP contribution in [0.2, 0.25) is 0 Å². The first-order chi connectivity index (χ1) is 9.70. The number of fused-ring (bicyclic) bond motifs is 1. The first kappa shape index (κ1) is 13.4. The smallest absolute Gasteiger partial charge is 0.295 e. The topological polar surface area (TPSA) is 44.5 Å². The fourth-order valence-electron chi connectivity index (χ4n) is 2.61. The molecule has 0 saturated carbocycles. The molecule has 5 nitrogen and oxygen atoms in total. The van der Waals surface area contributed by atoms with Gasteiger partial charge in [0.25, 0.3) is 6.01 Å². The third kappa shape index (κ3) is 3.11. The summed E-state index contributed by atoms with van der Waals surface area (Å²) in [7, 11) is 2.18. The van der Waals surface area contributed by atoms with E-state index >= 15 is 0 Å². The van der Waals surface area contributed by atoms with E-state index in [9.17, 15) is 0 Å². The van der Waals surface area contributed by atoms with Gasteiger partial charge in [0.05, 0.1) is 0 Å². The van der Waals surface area contributed by atoms with Crippen molar-refractivity contribution in [3.63, 3.8) is 0 Å². The van der Waals surface area contributed by atoms with Gasteiger partial charge >= 0.3 is 0 Å². The lowest BCUT2D eigenvalue weighted by Crippen LogP contribution is -2.47. The maximum absolute atomic E-state index is 5.70. The minimum Gasteiger partial charge on any atom is -0.424 e. The number of nitrogens with zero attached hydrogens (tertiary/aromatic N) is 3. The lowest BCUT2D eigenvalue weighted by atomic mass is 10.2. The van der Waals surface area contributed by atoms with Gasteiger partial charge in [0.2, 0.25) is 0 Å². The Morgan fingerprint density at radius 1 is 1.25 bits per heavy atom. The zero-order valence-electron chi connectivity index (χ0n) is 12.2. The fourth-order valence-corrected chi connectivity index (χ4v) is 2.61. The molecule has 3 rings (SSSR count). The number of nitrogens with one attached hydrogen (secondary N) is 1. The quantitative estimate of drug-likeness (QED) is 0.922. The number of oxazole rings is 1. The van der Waals surface area contributed by atoms with Gasteiger partial charge in [-0.2, -0.15) is 4.98 Å². The lowest BCUT2D eigenvalue weighted by molar-refractivity contribution is 0.151. The second-order valence-corrected chi connectivity index (χ2v) is 5.64. The molecule has 2 heterocycles. The third-order valence-electron chi connectivity index (χ3n) is 3.79. The van der Waals surface area contributed by atoms with Crippen LogP contribution in [0.4, 0.5) is 6.01 Å². The van der Waals surface area contributed by atoms with E-state index < -0.39 is 0 Å². The van der Waals surface area contributed by atoms with Crippen molar-refractivity contribution in [3.05, 3.63) is 24.3 Å². The molecule has 0 aliphatic carbocycles. The van der Waals surface area contributed by atoms with Gasteiger partial charge in [-0.1, -0.05) is 12.1 Å². The molecule has 1 aliphatic heterocycles. The number of aromatic nitrogens is 1. The van der Waals surface area contributed by atoms with Gasteiger partial charge < -0.3 is 14.6 Å². The molecule has 1 atom stereocenters. The largest absolute Gasteiger partial charge is 0.424 e. The Bertz CT molecular complexity index is 527. The van der Waals surface area contributed by atoms with Crippen molar-refractivity contribution in [2.45, 2.75) is 13.0 Å². The highest BCUT2D eigenvalue weighted by Crippen LogP contribution is 2.18. The summed E-state index contributed by atoms with van der Waals surface area (Å²) >= 11 is 0. The number of hydrogen-bond donors (Lipinski definition) is 1. The highest BCUT2D eigenvalue weighted by Gasteiger charge is 2.17. The highest BCUT2D eigenvalue weighted by molar-refractivity contribution is 5.74. The second kappa shape index (κ2) is 5.81. The van der Waals surface area contributed by atoms with E-state index in [0.29, 0.717) is 12.1 Å². The fraction of sp³-hybridized carbons (Fsp3) is 0.533. The summed E-state index contributed by atoms with van der Waals surface area (Å²) in [5.41, 5.74) is 1.74. The number of para-hydroxylation sites is 2. The Hall–Kier alpha value is -1.59. The van der Waals surface area contributed by atoms with E-state index in [1.54, 1.807) is 0 Å². The number of anilines is 1. The predicted molar refractivity (Wildman–Crippen MR) is 81.0 cm³/mol. The maximum atomic E-state index is 5.70. The SMILES string of the molecule is CC(CN1CCN(C)CC1)Nc1nc2ccccc2o1.